The van der Waals surface area contributed by atoms with Gasteiger partial charge >= 0.3 is 18.1 Å². The van der Waals surface area contributed by atoms with Crippen LogP contribution in [0.15, 0.2) is 104 Å². The molecule has 0 atom stereocenters. The second-order valence-electron chi connectivity index (χ2n) is 7.51. The molecule has 0 fully saturated rings. The fourth-order valence-corrected chi connectivity index (χ4v) is 3.08. The first-order chi connectivity index (χ1) is 17.1. The molecule has 0 aromatic heterocycles. The van der Waals surface area contributed by atoms with E-state index in [1.54, 1.807) is 30.3 Å². The third kappa shape index (κ3) is 6.73. The van der Waals surface area contributed by atoms with E-state index in [-0.39, 0.29) is 16.9 Å². The van der Waals surface area contributed by atoms with Crippen LogP contribution in [0.3, 0.4) is 0 Å². The first-order valence-electron chi connectivity index (χ1n) is 10.5. The summed E-state index contributed by atoms with van der Waals surface area (Å²) in [6.07, 6.45) is -1.41. The molecule has 3 rings (SSSR count). The van der Waals surface area contributed by atoms with Crippen LogP contribution >= 0.6 is 0 Å². The summed E-state index contributed by atoms with van der Waals surface area (Å²) in [7, 11) is 0. The summed E-state index contributed by atoms with van der Waals surface area (Å²) in [6.45, 7) is 8.24. The molecule has 0 N–H and O–H groups in total. The Balaban J connectivity index is 1.83. The first-order valence-corrected chi connectivity index (χ1v) is 10.5. The van der Waals surface area contributed by atoms with Gasteiger partial charge in [-0.2, -0.15) is 13.2 Å². The van der Waals surface area contributed by atoms with Gasteiger partial charge in [0.2, 0.25) is 0 Å². The molecule has 36 heavy (non-hydrogen) atoms. The SMILES string of the molecule is C=CC(=O)OC=COc1ccc(-c2ccc(-c3ccc(OC(=O)C(=C)C)cc3)c(C(F)(F)F)c2)cc1. The smallest absolute Gasteiger partial charge is 0.417 e. The van der Waals surface area contributed by atoms with Gasteiger partial charge in [-0.25, -0.2) is 9.59 Å². The highest BCUT2D eigenvalue weighted by atomic mass is 19.4. The average molecular weight is 494 g/mol. The lowest BCUT2D eigenvalue weighted by molar-refractivity contribution is -0.137. The molecule has 3 aromatic rings. The number of halogens is 3. The van der Waals surface area contributed by atoms with E-state index < -0.39 is 23.7 Å². The summed E-state index contributed by atoms with van der Waals surface area (Å²) in [5.41, 5.74) is 0.613. The Morgan fingerprint density at radius 1 is 0.833 bits per heavy atom. The molecule has 184 valence electrons. The molecular formula is C28H21F3O5. The Kier molecular flexibility index (Phi) is 8.11. The molecule has 5 nitrogen and oxygen atoms in total. The third-order valence-corrected chi connectivity index (χ3v) is 4.85. The summed E-state index contributed by atoms with van der Waals surface area (Å²) < 4.78 is 56.8. The average Bonchev–Trinajstić information content (AvgIpc) is 2.86. The summed E-state index contributed by atoms with van der Waals surface area (Å²) in [6, 6.07) is 16.2. The molecule has 0 bridgehead atoms. The predicted octanol–water partition coefficient (Wildman–Crippen LogP) is 7.10. The van der Waals surface area contributed by atoms with Crippen LogP contribution in [0.25, 0.3) is 22.3 Å². The normalized spacial score (nSPS) is 11.1. The van der Waals surface area contributed by atoms with Crippen molar-refractivity contribution in [3.63, 3.8) is 0 Å². The highest BCUT2D eigenvalue weighted by molar-refractivity contribution is 5.89. The van der Waals surface area contributed by atoms with E-state index in [9.17, 15) is 22.8 Å². The van der Waals surface area contributed by atoms with Gasteiger partial charge in [0, 0.05) is 11.6 Å². The van der Waals surface area contributed by atoms with Gasteiger partial charge in [-0.05, 0) is 59.5 Å². The lowest BCUT2D eigenvalue weighted by Gasteiger charge is -2.15. The minimum absolute atomic E-state index is 0.0109. The lowest BCUT2D eigenvalue weighted by atomic mass is 9.94. The van der Waals surface area contributed by atoms with E-state index in [0.29, 0.717) is 22.4 Å². The maximum atomic E-state index is 13.9. The molecule has 0 radical (unpaired) electrons. The zero-order valence-electron chi connectivity index (χ0n) is 19.2. The lowest BCUT2D eigenvalue weighted by Crippen LogP contribution is -2.08. The minimum Gasteiger partial charge on any atom is -0.462 e. The van der Waals surface area contributed by atoms with E-state index >= 15 is 0 Å². The van der Waals surface area contributed by atoms with E-state index in [1.807, 2.05) is 0 Å². The third-order valence-electron chi connectivity index (χ3n) is 4.85. The molecule has 0 spiro atoms. The standard InChI is InChI=1S/C28H21F3O5/c1-4-26(32)35-16-15-34-22-10-5-19(6-11-22)21-9-14-24(25(17-21)28(29,30)31)20-7-12-23(13-8-20)36-27(33)18(2)3/h4-17H,1-2H2,3H3. The molecular weight excluding hydrogens is 473 g/mol. The van der Waals surface area contributed by atoms with Crippen molar-refractivity contribution in [2.24, 2.45) is 0 Å². The molecule has 0 aliphatic carbocycles. The molecule has 0 aliphatic rings. The Morgan fingerprint density at radius 3 is 2.00 bits per heavy atom. The van der Waals surface area contributed by atoms with Crippen LogP contribution in [0, 0.1) is 0 Å². The monoisotopic (exact) mass is 494 g/mol. The maximum Gasteiger partial charge on any atom is 0.417 e. The number of alkyl halides is 3. The predicted molar refractivity (Wildman–Crippen MR) is 129 cm³/mol. The molecule has 0 amide bonds. The van der Waals surface area contributed by atoms with Crippen LogP contribution in [0.4, 0.5) is 13.2 Å². The van der Waals surface area contributed by atoms with E-state index in [2.05, 4.69) is 17.9 Å². The van der Waals surface area contributed by atoms with Crippen molar-refractivity contribution in [2.75, 3.05) is 0 Å². The zero-order chi connectivity index (χ0) is 26.3. The van der Waals surface area contributed by atoms with Gasteiger partial charge in [0.15, 0.2) is 0 Å². The largest absolute Gasteiger partial charge is 0.462 e. The van der Waals surface area contributed by atoms with Gasteiger partial charge in [-0.3, -0.25) is 0 Å². The molecule has 3 aromatic carbocycles. The second kappa shape index (κ2) is 11.2. The van der Waals surface area contributed by atoms with Gasteiger partial charge in [-0.15, -0.1) is 0 Å². The second-order valence-corrected chi connectivity index (χ2v) is 7.51. The molecule has 0 saturated carbocycles. The van der Waals surface area contributed by atoms with Crippen molar-refractivity contribution in [3.05, 3.63) is 110 Å². The minimum atomic E-state index is -4.60. The fraction of sp³-hybridized carbons (Fsp3) is 0.0714. The van der Waals surface area contributed by atoms with Crippen LogP contribution in [0.5, 0.6) is 11.5 Å². The number of carbonyl (C=O) groups is 2. The summed E-state index contributed by atoms with van der Waals surface area (Å²) >= 11 is 0. The Hall–Kier alpha value is -4.59. The van der Waals surface area contributed by atoms with Crippen LogP contribution < -0.4 is 9.47 Å². The Bertz CT molecular complexity index is 1300. The van der Waals surface area contributed by atoms with Gasteiger partial charge in [0.1, 0.15) is 24.0 Å². The fourth-order valence-electron chi connectivity index (χ4n) is 3.08. The Labute approximate surface area is 205 Å². The van der Waals surface area contributed by atoms with Crippen molar-refractivity contribution >= 4 is 11.9 Å². The zero-order valence-corrected chi connectivity index (χ0v) is 19.2. The molecule has 0 saturated heterocycles. The summed E-state index contributed by atoms with van der Waals surface area (Å²) in [5, 5.41) is 0. The number of carbonyl (C=O) groups excluding carboxylic acids is 2. The number of ether oxygens (including phenoxy) is 3. The van der Waals surface area contributed by atoms with Gasteiger partial charge in [-0.1, -0.05) is 49.6 Å². The number of rotatable bonds is 8. The van der Waals surface area contributed by atoms with Crippen molar-refractivity contribution in [2.45, 2.75) is 13.1 Å². The van der Waals surface area contributed by atoms with Crippen molar-refractivity contribution in [1.82, 2.24) is 0 Å². The highest BCUT2D eigenvalue weighted by Crippen LogP contribution is 2.40. The summed E-state index contributed by atoms with van der Waals surface area (Å²) in [5.74, 6) is -0.666. The van der Waals surface area contributed by atoms with E-state index in [0.717, 1.165) is 24.7 Å². The van der Waals surface area contributed by atoms with Gasteiger partial charge in [0.25, 0.3) is 0 Å². The van der Waals surface area contributed by atoms with Crippen LogP contribution in [-0.4, -0.2) is 11.9 Å². The van der Waals surface area contributed by atoms with Crippen molar-refractivity contribution < 1.29 is 37.0 Å². The Morgan fingerprint density at radius 2 is 1.42 bits per heavy atom. The first kappa shape index (κ1) is 26.0. The van der Waals surface area contributed by atoms with Crippen LogP contribution in [-0.2, 0) is 20.5 Å². The van der Waals surface area contributed by atoms with E-state index in [4.69, 9.17) is 9.47 Å². The molecule has 0 unspecified atom stereocenters. The van der Waals surface area contributed by atoms with Gasteiger partial charge < -0.3 is 14.2 Å². The molecule has 0 heterocycles. The number of hydrogen-bond donors (Lipinski definition) is 0. The molecule has 0 aliphatic heterocycles. The van der Waals surface area contributed by atoms with E-state index in [1.165, 1.54) is 37.3 Å². The number of benzene rings is 3. The van der Waals surface area contributed by atoms with Gasteiger partial charge in [0.05, 0.1) is 5.56 Å². The maximum absolute atomic E-state index is 13.9. The van der Waals surface area contributed by atoms with Crippen LogP contribution in [0.1, 0.15) is 12.5 Å². The summed E-state index contributed by atoms with van der Waals surface area (Å²) in [4.78, 5) is 22.6. The topological polar surface area (TPSA) is 61.8 Å². The highest BCUT2D eigenvalue weighted by Gasteiger charge is 2.34. The van der Waals surface area contributed by atoms with Crippen molar-refractivity contribution in [3.8, 4) is 33.8 Å². The number of esters is 2. The van der Waals surface area contributed by atoms with Crippen LogP contribution in [0.2, 0.25) is 0 Å². The molecule has 8 heteroatoms. The van der Waals surface area contributed by atoms with Crippen molar-refractivity contribution in [1.29, 1.82) is 0 Å². The number of hydrogen-bond acceptors (Lipinski definition) is 5. The quantitative estimate of drug-likeness (QED) is 0.145.